The van der Waals surface area contributed by atoms with E-state index < -0.39 is 28.5 Å². The molecule has 3 aromatic rings. The highest BCUT2D eigenvalue weighted by atomic mass is 35.5. The molecule has 3 rings (SSSR count). The summed E-state index contributed by atoms with van der Waals surface area (Å²) in [7, 11) is -4.10. The molecule has 7 nitrogen and oxygen atoms in total. The number of hydrogen-bond donors (Lipinski definition) is 1. The van der Waals surface area contributed by atoms with Crippen LogP contribution in [0.25, 0.3) is 0 Å². The fourth-order valence-electron chi connectivity index (χ4n) is 4.06. The number of nitrogens with zero attached hydrogens (tertiary/aromatic N) is 2. The van der Waals surface area contributed by atoms with Gasteiger partial charge in [-0.25, -0.2) is 8.42 Å². The number of carbonyl (C=O) groups is 2. The first-order valence-electron chi connectivity index (χ1n) is 12.9. The number of hydrogen-bond acceptors (Lipinski definition) is 4. The minimum atomic E-state index is -4.10. The van der Waals surface area contributed by atoms with Crippen molar-refractivity contribution in [2.24, 2.45) is 0 Å². The van der Waals surface area contributed by atoms with Gasteiger partial charge in [0, 0.05) is 17.6 Å². The molecule has 0 fully saturated rings. The Balaban J connectivity index is 2.05. The zero-order valence-electron chi connectivity index (χ0n) is 23.0. The van der Waals surface area contributed by atoms with Gasteiger partial charge in [-0.15, -0.1) is 0 Å². The van der Waals surface area contributed by atoms with Crippen LogP contribution in [-0.2, 0) is 26.2 Å². The minimum Gasteiger partial charge on any atom is -0.352 e. The van der Waals surface area contributed by atoms with E-state index in [9.17, 15) is 18.0 Å². The molecule has 208 valence electrons. The molecule has 0 radical (unpaired) electrons. The molecular weight excluding hydrogens is 534 g/mol. The largest absolute Gasteiger partial charge is 0.352 e. The summed E-state index contributed by atoms with van der Waals surface area (Å²) in [4.78, 5) is 28.6. The Bertz CT molecular complexity index is 1400. The van der Waals surface area contributed by atoms with Crippen LogP contribution in [0.15, 0.2) is 77.7 Å². The molecule has 0 saturated heterocycles. The number of sulfonamides is 1. The first-order valence-corrected chi connectivity index (χ1v) is 14.7. The number of rotatable bonds is 11. The highest BCUT2D eigenvalue weighted by molar-refractivity contribution is 7.92. The fourth-order valence-corrected chi connectivity index (χ4v) is 5.67. The van der Waals surface area contributed by atoms with Gasteiger partial charge in [0.25, 0.3) is 10.0 Å². The Labute approximate surface area is 236 Å². The van der Waals surface area contributed by atoms with Gasteiger partial charge >= 0.3 is 0 Å². The third-order valence-electron chi connectivity index (χ3n) is 6.68. The number of aryl methyl sites for hydroxylation is 2. The van der Waals surface area contributed by atoms with E-state index in [1.54, 1.807) is 62.4 Å². The van der Waals surface area contributed by atoms with Gasteiger partial charge in [-0.05, 0) is 81.1 Å². The standard InChI is InChI=1S/C30H36ClN3O4S/c1-6-23(4)32-30(36)24(5)33(19-25-14-16-26(31)17-15-25)29(35)20-34(28-18-21(2)12-13-22(28)3)39(37,38)27-10-8-7-9-11-27/h7-18,23-24H,6,19-20H2,1-5H3,(H,32,36)/t23-,24-/m0/s1. The number of anilines is 1. The first-order chi connectivity index (χ1) is 18.4. The second-order valence-corrected chi connectivity index (χ2v) is 12.1. The summed E-state index contributed by atoms with van der Waals surface area (Å²) in [6, 6.07) is 19.6. The quantitative estimate of drug-likeness (QED) is 0.331. The van der Waals surface area contributed by atoms with E-state index in [2.05, 4.69) is 5.32 Å². The maximum absolute atomic E-state index is 14.0. The lowest BCUT2D eigenvalue weighted by Gasteiger charge is -2.33. The fraction of sp³-hybridized carbons (Fsp3) is 0.333. The van der Waals surface area contributed by atoms with Crippen LogP contribution in [0.5, 0.6) is 0 Å². The predicted octanol–water partition coefficient (Wildman–Crippen LogP) is 5.48. The summed E-state index contributed by atoms with van der Waals surface area (Å²) in [6.07, 6.45) is 0.735. The normalized spacial score (nSPS) is 12.9. The van der Waals surface area contributed by atoms with Crippen LogP contribution in [0.1, 0.15) is 43.9 Å². The second-order valence-electron chi connectivity index (χ2n) is 9.76. The molecule has 3 aromatic carbocycles. The van der Waals surface area contributed by atoms with Gasteiger partial charge in [-0.3, -0.25) is 13.9 Å². The van der Waals surface area contributed by atoms with Crippen molar-refractivity contribution >= 4 is 39.1 Å². The average Bonchev–Trinajstić information content (AvgIpc) is 2.92. The molecule has 0 bridgehead atoms. The molecule has 0 aliphatic heterocycles. The third-order valence-corrected chi connectivity index (χ3v) is 8.70. The Kier molecular flexibility index (Phi) is 10.2. The second kappa shape index (κ2) is 13.1. The monoisotopic (exact) mass is 569 g/mol. The molecule has 0 spiro atoms. The molecule has 0 aliphatic carbocycles. The molecule has 9 heteroatoms. The maximum atomic E-state index is 14.0. The molecule has 2 atom stereocenters. The van der Waals surface area contributed by atoms with Crippen molar-refractivity contribution in [2.45, 2.75) is 64.6 Å². The molecule has 39 heavy (non-hydrogen) atoms. The SMILES string of the molecule is CC[C@H](C)NC(=O)[C@H](C)N(Cc1ccc(Cl)cc1)C(=O)CN(c1cc(C)ccc1C)S(=O)(=O)c1ccccc1. The van der Waals surface area contributed by atoms with Crippen molar-refractivity contribution in [1.82, 2.24) is 10.2 Å². The van der Waals surface area contributed by atoms with Crippen LogP contribution in [0, 0.1) is 13.8 Å². The zero-order valence-corrected chi connectivity index (χ0v) is 24.6. The number of benzene rings is 3. The molecular formula is C30H36ClN3O4S. The van der Waals surface area contributed by atoms with Gasteiger partial charge in [0.2, 0.25) is 11.8 Å². The van der Waals surface area contributed by atoms with Gasteiger partial charge in [-0.1, -0.05) is 61.0 Å². The van der Waals surface area contributed by atoms with Crippen molar-refractivity contribution in [1.29, 1.82) is 0 Å². The minimum absolute atomic E-state index is 0.0719. The van der Waals surface area contributed by atoms with Gasteiger partial charge < -0.3 is 10.2 Å². The Morgan fingerprint density at radius 3 is 2.21 bits per heavy atom. The maximum Gasteiger partial charge on any atom is 0.264 e. The number of nitrogens with one attached hydrogen (secondary N) is 1. The average molecular weight is 570 g/mol. The van der Waals surface area contributed by atoms with Crippen molar-refractivity contribution in [3.63, 3.8) is 0 Å². The first kappa shape index (κ1) is 30.2. The lowest BCUT2D eigenvalue weighted by atomic mass is 10.1. The zero-order chi connectivity index (χ0) is 28.7. The highest BCUT2D eigenvalue weighted by Crippen LogP contribution is 2.28. The Morgan fingerprint density at radius 2 is 1.59 bits per heavy atom. The number of halogens is 1. The summed E-state index contributed by atoms with van der Waals surface area (Å²) in [6.45, 7) is 8.81. The lowest BCUT2D eigenvalue weighted by Crippen LogP contribution is -2.52. The van der Waals surface area contributed by atoms with Crippen LogP contribution >= 0.6 is 11.6 Å². The van der Waals surface area contributed by atoms with Crippen LogP contribution in [-0.4, -0.2) is 43.8 Å². The van der Waals surface area contributed by atoms with Crippen molar-refractivity contribution in [2.75, 3.05) is 10.8 Å². The van der Waals surface area contributed by atoms with Gasteiger partial charge in [-0.2, -0.15) is 0 Å². The van der Waals surface area contributed by atoms with E-state index in [0.29, 0.717) is 16.3 Å². The molecule has 2 amide bonds. The lowest BCUT2D eigenvalue weighted by molar-refractivity contribution is -0.139. The summed E-state index contributed by atoms with van der Waals surface area (Å²) in [5.41, 5.74) is 2.74. The van der Waals surface area contributed by atoms with E-state index >= 15 is 0 Å². The summed E-state index contributed by atoms with van der Waals surface area (Å²) in [5, 5.41) is 3.48. The van der Waals surface area contributed by atoms with Gasteiger partial charge in [0.05, 0.1) is 10.6 Å². The van der Waals surface area contributed by atoms with Crippen LogP contribution in [0.2, 0.25) is 5.02 Å². The topological polar surface area (TPSA) is 86.8 Å². The van der Waals surface area contributed by atoms with E-state index in [1.165, 1.54) is 17.0 Å². The molecule has 0 heterocycles. The predicted molar refractivity (Wildman–Crippen MR) is 156 cm³/mol. The summed E-state index contributed by atoms with van der Waals surface area (Å²) < 4.78 is 28.9. The van der Waals surface area contributed by atoms with Crippen LogP contribution in [0.4, 0.5) is 5.69 Å². The van der Waals surface area contributed by atoms with Gasteiger partial charge in [0.1, 0.15) is 12.6 Å². The van der Waals surface area contributed by atoms with Gasteiger partial charge in [0.15, 0.2) is 0 Å². The number of amides is 2. The summed E-state index contributed by atoms with van der Waals surface area (Å²) in [5.74, 6) is -0.812. The molecule has 0 aliphatic rings. The third kappa shape index (κ3) is 7.61. The number of carbonyl (C=O) groups excluding carboxylic acids is 2. The van der Waals surface area contributed by atoms with E-state index in [0.717, 1.165) is 21.9 Å². The summed E-state index contributed by atoms with van der Waals surface area (Å²) >= 11 is 6.05. The van der Waals surface area contributed by atoms with Crippen molar-refractivity contribution < 1.29 is 18.0 Å². The molecule has 1 N–H and O–H groups in total. The Hall–Kier alpha value is -3.36. The van der Waals surface area contributed by atoms with E-state index in [-0.39, 0.29) is 23.4 Å². The molecule has 0 unspecified atom stereocenters. The molecule has 0 aromatic heterocycles. The van der Waals surface area contributed by atoms with Crippen LogP contribution in [0.3, 0.4) is 0 Å². The molecule has 0 saturated carbocycles. The van der Waals surface area contributed by atoms with Crippen LogP contribution < -0.4 is 9.62 Å². The van der Waals surface area contributed by atoms with E-state index in [1.807, 2.05) is 32.9 Å². The van der Waals surface area contributed by atoms with E-state index in [4.69, 9.17) is 11.6 Å². The smallest absolute Gasteiger partial charge is 0.264 e. The Morgan fingerprint density at radius 1 is 0.949 bits per heavy atom. The van der Waals surface area contributed by atoms with Crippen molar-refractivity contribution in [3.8, 4) is 0 Å². The highest BCUT2D eigenvalue weighted by Gasteiger charge is 2.33. The van der Waals surface area contributed by atoms with Crippen molar-refractivity contribution in [3.05, 3.63) is 94.5 Å².